The van der Waals surface area contributed by atoms with Gasteiger partial charge in [-0.05, 0) is 18.2 Å². The van der Waals surface area contributed by atoms with Gasteiger partial charge >= 0.3 is 5.97 Å². The van der Waals surface area contributed by atoms with Crippen molar-refractivity contribution in [2.75, 3.05) is 6.61 Å². The lowest BCUT2D eigenvalue weighted by Crippen LogP contribution is -2.55. The molecule has 2 heterocycles. The highest BCUT2D eigenvalue weighted by Crippen LogP contribution is 2.44. The number of benzene rings is 2. The van der Waals surface area contributed by atoms with Gasteiger partial charge in [-0.15, -0.1) is 0 Å². The van der Waals surface area contributed by atoms with Crippen molar-refractivity contribution in [1.82, 2.24) is 0 Å². The molecule has 1 aromatic heterocycles. The van der Waals surface area contributed by atoms with Gasteiger partial charge in [0.25, 0.3) is 0 Å². The fourth-order valence-electron chi connectivity index (χ4n) is 3.94. The van der Waals surface area contributed by atoms with E-state index in [2.05, 4.69) is 0 Å². The number of hydrogen-bond donors (Lipinski definition) is 7. The lowest BCUT2D eigenvalue weighted by molar-refractivity contribution is -0.234. The van der Waals surface area contributed by atoms with Crippen molar-refractivity contribution in [2.24, 2.45) is 0 Å². The highest BCUT2D eigenvalue weighted by atomic mass is 16.6. The largest absolute Gasteiger partial charge is 0.507 e. The average Bonchev–Trinajstić information content (AvgIpc) is 2.79. The predicted molar refractivity (Wildman–Crippen MR) is 117 cm³/mol. The van der Waals surface area contributed by atoms with Crippen LogP contribution in [0.3, 0.4) is 0 Å². The van der Waals surface area contributed by atoms with Gasteiger partial charge in [0.05, 0.1) is 5.56 Å². The van der Waals surface area contributed by atoms with Crippen LogP contribution in [0.1, 0.15) is 18.6 Å². The fourth-order valence-corrected chi connectivity index (χ4v) is 3.94. The molecule has 0 spiro atoms. The molecule has 1 aliphatic heterocycles. The highest BCUT2D eigenvalue weighted by Gasteiger charge is 2.46. The van der Waals surface area contributed by atoms with Gasteiger partial charge in [0.2, 0.25) is 0 Å². The van der Waals surface area contributed by atoms with E-state index in [4.69, 9.17) is 13.9 Å². The molecule has 35 heavy (non-hydrogen) atoms. The number of phenols is 4. The third-order valence-electron chi connectivity index (χ3n) is 5.71. The summed E-state index contributed by atoms with van der Waals surface area (Å²) in [6.45, 7) is 0.629. The highest BCUT2D eigenvalue weighted by molar-refractivity contribution is 5.89. The molecule has 5 unspecified atom stereocenters. The Kier molecular flexibility index (Phi) is 6.30. The van der Waals surface area contributed by atoms with Gasteiger partial charge in [-0.3, -0.25) is 9.59 Å². The van der Waals surface area contributed by atoms with Crippen LogP contribution < -0.4 is 5.43 Å². The number of aliphatic hydroxyl groups is 3. The van der Waals surface area contributed by atoms with E-state index in [9.17, 15) is 45.3 Å². The van der Waals surface area contributed by atoms with Crippen molar-refractivity contribution in [3.8, 4) is 34.3 Å². The van der Waals surface area contributed by atoms with Crippen LogP contribution in [0, 0.1) is 0 Å². The molecule has 186 valence electrons. The minimum absolute atomic E-state index is 0.133. The number of fused-ring (bicyclic) bond motifs is 1. The summed E-state index contributed by atoms with van der Waals surface area (Å²) >= 11 is 0. The van der Waals surface area contributed by atoms with Crippen LogP contribution in [0.4, 0.5) is 0 Å². The first-order valence-electron chi connectivity index (χ1n) is 10.4. The molecule has 0 bridgehead atoms. The number of aromatic hydroxyl groups is 4. The zero-order chi connectivity index (χ0) is 25.6. The lowest BCUT2D eigenvalue weighted by Gasteiger charge is -2.40. The number of rotatable bonds is 4. The quantitative estimate of drug-likeness (QED) is 0.195. The maximum Gasteiger partial charge on any atom is 0.302 e. The summed E-state index contributed by atoms with van der Waals surface area (Å²) in [6, 6.07) is 5.44. The maximum absolute atomic E-state index is 12.9. The van der Waals surface area contributed by atoms with Gasteiger partial charge in [0.15, 0.2) is 22.5 Å². The second kappa shape index (κ2) is 9.07. The van der Waals surface area contributed by atoms with Crippen molar-refractivity contribution in [2.45, 2.75) is 37.4 Å². The Hall–Kier alpha value is -3.84. The van der Waals surface area contributed by atoms with Gasteiger partial charge in [0.1, 0.15) is 59.8 Å². The van der Waals surface area contributed by atoms with Crippen molar-refractivity contribution in [1.29, 1.82) is 0 Å². The molecular weight excluding hydrogens is 468 g/mol. The van der Waals surface area contributed by atoms with Crippen LogP contribution in [0.15, 0.2) is 39.5 Å². The number of carbonyl (C=O) groups excluding carboxylic acids is 1. The first-order chi connectivity index (χ1) is 16.5. The number of carbonyl (C=O) groups is 1. The molecule has 1 saturated heterocycles. The van der Waals surface area contributed by atoms with Crippen molar-refractivity contribution < 1.29 is 54.4 Å². The molecule has 0 saturated carbocycles. The molecule has 5 atom stereocenters. The first kappa shape index (κ1) is 24.3. The molecule has 4 rings (SSSR count). The van der Waals surface area contributed by atoms with Crippen molar-refractivity contribution in [3.63, 3.8) is 0 Å². The summed E-state index contributed by atoms with van der Waals surface area (Å²) in [5.74, 6) is -3.05. The van der Waals surface area contributed by atoms with Crippen LogP contribution in [-0.2, 0) is 14.3 Å². The number of esters is 1. The Bertz CT molecular complexity index is 1350. The van der Waals surface area contributed by atoms with Crippen LogP contribution >= 0.6 is 0 Å². The van der Waals surface area contributed by atoms with E-state index >= 15 is 0 Å². The smallest absolute Gasteiger partial charge is 0.302 e. The molecule has 1 fully saturated rings. The van der Waals surface area contributed by atoms with Gasteiger partial charge in [0, 0.05) is 24.6 Å². The molecule has 3 aromatic rings. The predicted octanol–water partition coefficient (Wildman–Crippen LogP) is 0.368. The van der Waals surface area contributed by atoms with E-state index in [0.29, 0.717) is 0 Å². The van der Waals surface area contributed by atoms with E-state index in [1.807, 2.05) is 0 Å². The minimum Gasteiger partial charge on any atom is -0.507 e. The van der Waals surface area contributed by atoms with Crippen LogP contribution in [0.25, 0.3) is 22.3 Å². The van der Waals surface area contributed by atoms with E-state index in [0.717, 1.165) is 31.2 Å². The Balaban J connectivity index is 1.90. The van der Waals surface area contributed by atoms with Gasteiger partial charge in [-0.25, -0.2) is 0 Å². The normalized spacial score (nSPS) is 24.4. The van der Waals surface area contributed by atoms with E-state index in [1.165, 1.54) is 6.07 Å². The van der Waals surface area contributed by atoms with Crippen molar-refractivity contribution >= 4 is 16.9 Å². The van der Waals surface area contributed by atoms with E-state index < -0.39 is 77.1 Å². The summed E-state index contributed by atoms with van der Waals surface area (Å²) in [6.07, 6.45) is -8.21. The molecular formula is C23H22O12. The standard InChI is InChI=1S/C23H22O12/c1-8(24)33-7-16-19(30)20(31)21(32)23(35-16)18-13(28)5-12(27)17-14(29)6-15(34-22(17)18)9-2-3-10(25)11(26)4-9/h2-6,16,19-21,23,25-28,30-32H,7H2,1H3. The summed E-state index contributed by atoms with van der Waals surface area (Å²) in [5, 5.41) is 71.2. The van der Waals surface area contributed by atoms with Gasteiger partial charge in [-0.2, -0.15) is 0 Å². The van der Waals surface area contributed by atoms with Crippen LogP contribution in [0.2, 0.25) is 0 Å². The molecule has 0 aliphatic carbocycles. The van der Waals surface area contributed by atoms with Crippen LogP contribution in [0.5, 0.6) is 23.0 Å². The molecule has 12 heteroatoms. The third-order valence-corrected chi connectivity index (χ3v) is 5.71. The summed E-state index contributed by atoms with van der Waals surface area (Å²) in [5.41, 5.74) is -1.33. The topological polar surface area (TPSA) is 207 Å². The zero-order valence-electron chi connectivity index (χ0n) is 18.2. The van der Waals surface area contributed by atoms with Gasteiger partial charge in [-0.1, -0.05) is 0 Å². The molecule has 12 nitrogen and oxygen atoms in total. The lowest BCUT2D eigenvalue weighted by atomic mass is 9.89. The molecule has 0 amide bonds. The molecule has 1 aliphatic rings. The Labute approximate surface area is 196 Å². The molecule has 2 aromatic carbocycles. The maximum atomic E-state index is 12.9. The number of phenolic OH excluding ortho intramolecular Hbond substituents is 4. The Morgan fingerprint density at radius 3 is 2.29 bits per heavy atom. The summed E-state index contributed by atoms with van der Waals surface area (Å²) in [7, 11) is 0. The zero-order valence-corrected chi connectivity index (χ0v) is 18.2. The van der Waals surface area contributed by atoms with Gasteiger partial charge < -0.3 is 49.6 Å². The number of hydrogen-bond acceptors (Lipinski definition) is 12. The Morgan fingerprint density at radius 1 is 0.914 bits per heavy atom. The second-order valence-electron chi connectivity index (χ2n) is 8.08. The summed E-state index contributed by atoms with van der Waals surface area (Å²) < 4.78 is 16.3. The van der Waals surface area contributed by atoms with Crippen molar-refractivity contribution in [3.05, 3.63) is 46.1 Å². The number of aliphatic hydroxyl groups excluding tert-OH is 3. The third kappa shape index (κ3) is 4.35. The van der Waals surface area contributed by atoms with E-state index in [-0.39, 0.29) is 22.3 Å². The first-order valence-corrected chi connectivity index (χ1v) is 10.4. The SMILES string of the molecule is CC(=O)OCC1OC(c2c(O)cc(O)c3c(=O)cc(-c4ccc(O)c(O)c4)oc23)C(O)C(O)C1O. The number of ether oxygens (including phenoxy) is 2. The second-order valence-corrected chi connectivity index (χ2v) is 8.08. The average molecular weight is 490 g/mol. The van der Waals surface area contributed by atoms with Crippen LogP contribution in [-0.4, -0.2) is 72.7 Å². The monoisotopic (exact) mass is 490 g/mol. The molecule has 7 N–H and O–H groups in total. The van der Waals surface area contributed by atoms with E-state index in [1.54, 1.807) is 0 Å². The Morgan fingerprint density at radius 2 is 1.63 bits per heavy atom. The molecule has 0 radical (unpaired) electrons. The minimum atomic E-state index is -1.83. The fraction of sp³-hybridized carbons (Fsp3) is 0.304. The summed E-state index contributed by atoms with van der Waals surface area (Å²) in [4.78, 5) is 24.1.